The molecule has 1 fully saturated rings. The lowest BCUT2D eigenvalue weighted by Crippen LogP contribution is -2.38. The number of carbonyl (C=O) groups excluding carboxylic acids is 1. The second-order valence-electron chi connectivity index (χ2n) is 4.57. The maximum absolute atomic E-state index is 11.4. The van der Waals surface area contributed by atoms with Crippen LogP contribution in [0, 0.1) is 0 Å². The lowest BCUT2D eigenvalue weighted by molar-refractivity contribution is -0.127. The van der Waals surface area contributed by atoms with Crippen molar-refractivity contribution >= 4 is 5.91 Å². The molecule has 1 N–H and O–H groups in total. The van der Waals surface area contributed by atoms with E-state index in [-0.39, 0.29) is 0 Å². The zero-order chi connectivity index (χ0) is 12.1. The van der Waals surface area contributed by atoms with Crippen molar-refractivity contribution in [2.24, 2.45) is 0 Å². The third-order valence-corrected chi connectivity index (χ3v) is 3.07. The summed E-state index contributed by atoms with van der Waals surface area (Å²) in [6.45, 7) is 5.60. The number of nitrogens with zero attached hydrogens (tertiary/aromatic N) is 3. The number of amides is 1. The smallest absolute Gasteiger partial charge is 0.222 e. The summed E-state index contributed by atoms with van der Waals surface area (Å²) in [5.74, 6) is 0.298. The normalized spacial score (nSPS) is 17.7. The van der Waals surface area contributed by atoms with Gasteiger partial charge in [-0.2, -0.15) is 5.10 Å². The lowest BCUT2D eigenvalue weighted by atomic mass is 10.3. The first-order valence-electron chi connectivity index (χ1n) is 6.24. The Bertz CT molecular complexity index is 349. The molecule has 1 amide bonds. The Kier molecular flexibility index (Phi) is 4.14. The fourth-order valence-corrected chi connectivity index (χ4v) is 2.14. The summed E-state index contributed by atoms with van der Waals surface area (Å²) in [4.78, 5) is 13.3. The van der Waals surface area contributed by atoms with Crippen LogP contribution >= 0.6 is 0 Å². The SMILES string of the molecule is C[C@@H](Cn1cccn1)NCCN1CCCC1=O. The second kappa shape index (κ2) is 5.82. The van der Waals surface area contributed by atoms with Gasteiger partial charge in [0, 0.05) is 44.5 Å². The van der Waals surface area contributed by atoms with Crippen LogP contribution in [0.4, 0.5) is 0 Å². The van der Waals surface area contributed by atoms with E-state index < -0.39 is 0 Å². The van der Waals surface area contributed by atoms with E-state index in [0.29, 0.717) is 11.9 Å². The highest BCUT2D eigenvalue weighted by Gasteiger charge is 2.19. The maximum atomic E-state index is 11.4. The average Bonchev–Trinajstić information content (AvgIpc) is 2.91. The molecule has 5 nitrogen and oxygen atoms in total. The van der Waals surface area contributed by atoms with Crippen LogP contribution in [-0.4, -0.2) is 46.3 Å². The van der Waals surface area contributed by atoms with Gasteiger partial charge >= 0.3 is 0 Å². The highest BCUT2D eigenvalue weighted by atomic mass is 16.2. The summed E-state index contributed by atoms with van der Waals surface area (Å²) in [7, 11) is 0. The Labute approximate surface area is 102 Å². The molecule has 1 aromatic heterocycles. The Morgan fingerprint density at radius 2 is 2.47 bits per heavy atom. The van der Waals surface area contributed by atoms with Crippen molar-refractivity contribution in [1.82, 2.24) is 20.0 Å². The molecule has 0 aromatic carbocycles. The molecular formula is C12H20N4O. The minimum Gasteiger partial charge on any atom is -0.341 e. The van der Waals surface area contributed by atoms with Crippen molar-refractivity contribution in [3.63, 3.8) is 0 Å². The van der Waals surface area contributed by atoms with E-state index in [2.05, 4.69) is 17.3 Å². The van der Waals surface area contributed by atoms with Crippen LogP contribution in [0.1, 0.15) is 19.8 Å². The highest BCUT2D eigenvalue weighted by molar-refractivity contribution is 5.78. The minimum absolute atomic E-state index is 0.298. The van der Waals surface area contributed by atoms with E-state index >= 15 is 0 Å². The third kappa shape index (κ3) is 3.56. The van der Waals surface area contributed by atoms with E-state index in [4.69, 9.17) is 0 Å². The molecule has 0 bridgehead atoms. The van der Waals surface area contributed by atoms with Crippen molar-refractivity contribution in [1.29, 1.82) is 0 Å². The fraction of sp³-hybridized carbons (Fsp3) is 0.667. The summed E-state index contributed by atoms with van der Waals surface area (Å²) in [6.07, 6.45) is 5.49. The molecule has 0 radical (unpaired) electrons. The molecule has 0 saturated carbocycles. The summed E-state index contributed by atoms with van der Waals surface area (Å²) >= 11 is 0. The number of carbonyl (C=O) groups is 1. The first-order chi connectivity index (χ1) is 8.25. The summed E-state index contributed by atoms with van der Waals surface area (Å²) in [6, 6.07) is 2.29. The molecule has 1 atom stereocenters. The molecule has 17 heavy (non-hydrogen) atoms. The van der Waals surface area contributed by atoms with Crippen LogP contribution in [0.15, 0.2) is 18.5 Å². The topological polar surface area (TPSA) is 50.2 Å². The van der Waals surface area contributed by atoms with Gasteiger partial charge in [0.1, 0.15) is 0 Å². The van der Waals surface area contributed by atoms with Crippen LogP contribution in [-0.2, 0) is 11.3 Å². The maximum Gasteiger partial charge on any atom is 0.222 e. The molecule has 1 aromatic rings. The summed E-state index contributed by atoms with van der Waals surface area (Å²) in [5.41, 5.74) is 0. The molecule has 0 unspecified atom stereocenters. The quantitative estimate of drug-likeness (QED) is 0.782. The minimum atomic E-state index is 0.298. The van der Waals surface area contributed by atoms with Crippen molar-refractivity contribution in [3.05, 3.63) is 18.5 Å². The number of aromatic nitrogens is 2. The number of rotatable bonds is 6. The Balaban J connectivity index is 1.63. The Morgan fingerprint density at radius 3 is 3.12 bits per heavy atom. The van der Waals surface area contributed by atoms with E-state index in [1.807, 2.05) is 21.8 Å². The first kappa shape index (κ1) is 12.1. The van der Waals surface area contributed by atoms with Gasteiger partial charge in [-0.3, -0.25) is 9.48 Å². The van der Waals surface area contributed by atoms with E-state index in [1.165, 1.54) is 0 Å². The second-order valence-corrected chi connectivity index (χ2v) is 4.57. The van der Waals surface area contributed by atoms with Crippen LogP contribution in [0.2, 0.25) is 0 Å². The predicted molar refractivity (Wildman–Crippen MR) is 65.5 cm³/mol. The summed E-state index contributed by atoms with van der Waals surface area (Å²) < 4.78 is 1.92. The standard InChI is InChI=1S/C12H20N4O/c1-11(10-16-8-3-5-14-16)13-6-9-15-7-2-4-12(15)17/h3,5,8,11,13H,2,4,6-7,9-10H2,1H3/t11-/m0/s1. The van der Waals surface area contributed by atoms with Crippen molar-refractivity contribution in [2.75, 3.05) is 19.6 Å². The van der Waals surface area contributed by atoms with Gasteiger partial charge in [0.25, 0.3) is 0 Å². The molecule has 1 aliphatic rings. The fourth-order valence-electron chi connectivity index (χ4n) is 2.14. The first-order valence-corrected chi connectivity index (χ1v) is 6.24. The van der Waals surface area contributed by atoms with Gasteiger partial charge in [-0.05, 0) is 19.4 Å². The molecule has 2 heterocycles. The largest absolute Gasteiger partial charge is 0.341 e. The predicted octanol–water partition coefficient (Wildman–Crippen LogP) is 0.484. The molecule has 94 valence electrons. The zero-order valence-electron chi connectivity index (χ0n) is 10.3. The van der Waals surface area contributed by atoms with Gasteiger partial charge in [0.15, 0.2) is 0 Å². The number of hydrogen-bond acceptors (Lipinski definition) is 3. The van der Waals surface area contributed by atoms with Gasteiger partial charge in [-0.25, -0.2) is 0 Å². The molecular weight excluding hydrogens is 216 g/mol. The third-order valence-electron chi connectivity index (χ3n) is 3.07. The lowest BCUT2D eigenvalue weighted by Gasteiger charge is -2.18. The van der Waals surface area contributed by atoms with Crippen molar-refractivity contribution < 1.29 is 4.79 Å². The molecule has 1 saturated heterocycles. The average molecular weight is 236 g/mol. The van der Waals surface area contributed by atoms with Gasteiger partial charge in [-0.15, -0.1) is 0 Å². The monoisotopic (exact) mass is 236 g/mol. The van der Waals surface area contributed by atoms with Crippen molar-refractivity contribution in [2.45, 2.75) is 32.4 Å². The molecule has 5 heteroatoms. The van der Waals surface area contributed by atoms with Crippen LogP contribution in [0.25, 0.3) is 0 Å². The Hall–Kier alpha value is -1.36. The highest BCUT2D eigenvalue weighted by Crippen LogP contribution is 2.07. The van der Waals surface area contributed by atoms with Gasteiger partial charge in [0.05, 0.1) is 6.54 Å². The van der Waals surface area contributed by atoms with E-state index in [0.717, 1.165) is 39.0 Å². The zero-order valence-corrected chi connectivity index (χ0v) is 10.3. The van der Waals surface area contributed by atoms with Gasteiger partial charge in [-0.1, -0.05) is 0 Å². The summed E-state index contributed by atoms with van der Waals surface area (Å²) in [5, 5.41) is 7.58. The van der Waals surface area contributed by atoms with Crippen LogP contribution < -0.4 is 5.32 Å². The van der Waals surface area contributed by atoms with Gasteiger partial charge in [0.2, 0.25) is 5.91 Å². The van der Waals surface area contributed by atoms with Gasteiger partial charge < -0.3 is 10.2 Å². The molecule has 0 aliphatic carbocycles. The van der Waals surface area contributed by atoms with Crippen molar-refractivity contribution in [3.8, 4) is 0 Å². The number of hydrogen-bond donors (Lipinski definition) is 1. The molecule has 0 spiro atoms. The molecule has 2 rings (SSSR count). The van der Waals surface area contributed by atoms with Crippen LogP contribution in [0.3, 0.4) is 0 Å². The number of likely N-dealkylation sites (tertiary alicyclic amines) is 1. The molecule has 1 aliphatic heterocycles. The Morgan fingerprint density at radius 1 is 1.59 bits per heavy atom. The van der Waals surface area contributed by atoms with E-state index in [9.17, 15) is 4.79 Å². The van der Waals surface area contributed by atoms with E-state index in [1.54, 1.807) is 6.20 Å². The number of nitrogens with one attached hydrogen (secondary N) is 1. The van der Waals surface area contributed by atoms with Crippen LogP contribution in [0.5, 0.6) is 0 Å².